The Morgan fingerprint density at radius 3 is 2.70 bits per heavy atom. The van der Waals surface area contributed by atoms with Crippen molar-refractivity contribution in [3.63, 3.8) is 0 Å². The highest BCUT2D eigenvalue weighted by Crippen LogP contribution is 2.31. The number of aryl methyl sites for hydroxylation is 2. The predicted molar refractivity (Wildman–Crippen MR) is 86.0 cm³/mol. The Kier molecular flexibility index (Phi) is 5.19. The second-order valence-electron chi connectivity index (χ2n) is 6.41. The first-order valence-corrected chi connectivity index (χ1v) is 7.70. The van der Waals surface area contributed by atoms with E-state index >= 15 is 0 Å². The van der Waals surface area contributed by atoms with E-state index in [1.807, 2.05) is 0 Å². The highest BCUT2D eigenvalue weighted by molar-refractivity contribution is 5.33. The molecule has 1 heterocycles. The maximum atomic E-state index is 6.13. The van der Waals surface area contributed by atoms with E-state index in [-0.39, 0.29) is 0 Å². The summed E-state index contributed by atoms with van der Waals surface area (Å²) in [7, 11) is 4.32. The summed E-state index contributed by atoms with van der Waals surface area (Å²) in [5, 5.41) is 0. The lowest BCUT2D eigenvalue weighted by molar-refractivity contribution is 0.155. The van der Waals surface area contributed by atoms with Gasteiger partial charge < -0.3 is 10.6 Å². The van der Waals surface area contributed by atoms with E-state index in [0.717, 1.165) is 6.54 Å². The normalized spacial score (nSPS) is 21.6. The van der Waals surface area contributed by atoms with Crippen molar-refractivity contribution in [1.29, 1.82) is 0 Å². The number of rotatable bonds is 5. The number of likely N-dealkylation sites (N-methyl/N-ethyl adjacent to an activating group) is 1. The Labute approximate surface area is 123 Å². The molecule has 2 unspecified atom stereocenters. The highest BCUT2D eigenvalue weighted by Gasteiger charge is 2.31. The first-order chi connectivity index (χ1) is 9.52. The van der Waals surface area contributed by atoms with Crippen LogP contribution in [0.3, 0.4) is 0 Å². The summed E-state index contributed by atoms with van der Waals surface area (Å²) in [6, 6.07) is 7.76. The minimum atomic E-state index is 0.364. The summed E-state index contributed by atoms with van der Waals surface area (Å²) in [5.74, 6) is 0. The van der Waals surface area contributed by atoms with E-state index in [1.165, 1.54) is 36.1 Å². The molecule has 20 heavy (non-hydrogen) atoms. The van der Waals surface area contributed by atoms with Gasteiger partial charge in [0, 0.05) is 25.2 Å². The molecular weight excluding hydrogens is 246 g/mol. The monoisotopic (exact) mass is 275 g/mol. The summed E-state index contributed by atoms with van der Waals surface area (Å²) in [4.78, 5) is 4.91. The minimum Gasteiger partial charge on any atom is -0.329 e. The molecule has 112 valence electrons. The fourth-order valence-electron chi connectivity index (χ4n) is 3.53. The number of benzene rings is 1. The molecule has 0 saturated carbocycles. The molecular formula is C17H29N3. The summed E-state index contributed by atoms with van der Waals surface area (Å²) < 4.78 is 0. The molecule has 0 radical (unpaired) electrons. The van der Waals surface area contributed by atoms with Crippen LogP contribution in [0.15, 0.2) is 18.2 Å². The molecule has 2 N–H and O–H groups in total. The zero-order valence-electron chi connectivity index (χ0n) is 13.4. The topological polar surface area (TPSA) is 32.5 Å². The smallest absolute Gasteiger partial charge is 0.0476 e. The zero-order valence-corrected chi connectivity index (χ0v) is 13.4. The fraction of sp³-hybridized carbons (Fsp3) is 0.647. The molecule has 1 aliphatic heterocycles. The Bertz CT molecular complexity index is 442. The molecule has 0 amide bonds. The number of hydrogen-bond donors (Lipinski definition) is 1. The molecule has 3 heteroatoms. The van der Waals surface area contributed by atoms with Gasteiger partial charge in [0.05, 0.1) is 0 Å². The van der Waals surface area contributed by atoms with E-state index in [4.69, 9.17) is 5.73 Å². The molecule has 0 aromatic heterocycles. The van der Waals surface area contributed by atoms with Crippen molar-refractivity contribution >= 4 is 0 Å². The van der Waals surface area contributed by atoms with Crippen molar-refractivity contribution in [2.45, 2.75) is 38.8 Å². The Balaban J connectivity index is 2.22. The van der Waals surface area contributed by atoms with E-state index in [9.17, 15) is 0 Å². The third-order valence-electron chi connectivity index (χ3n) is 4.41. The molecule has 0 bridgehead atoms. The van der Waals surface area contributed by atoms with Crippen LogP contribution in [0.4, 0.5) is 0 Å². The van der Waals surface area contributed by atoms with Gasteiger partial charge in [-0.05, 0) is 58.5 Å². The molecule has 0 aliphatic carbocycles. The van der Waals surface area contributed by atoms with Gasteiger partial charge in [-0.1, -0.05) is 23.8 Å². The summed E-state index contributed by atoms with van der Waals surface area (Å²) in [6.45, 7) is 7.36. The molecule has 2 rings (SSSR count). The molecule has 2 atom stereocenters. The number of nitrogens with two attached hydrogens (primary N) is 1. The van der Waals surface area contributed by atoms with Gasteiger partial charge in [0.25, 0.3) is 0 Å². The molecule has 1 aromatic rings. The van der Waals surface area contributed by atoms with Crippen LogP contribution in [0, 0.1) is 13.8 Å². The summed E-state index contributed by atoms with van der Waals surface area (Å²) >= 11 is 0. The maximum Gasteiger partial charge on any atom is 0.0476 e. The van der Waals surface area contributed by atoms with Gasteiger partial charge in [0.2, 0.25) is 0 Å². The standard InChI is InChI=1S/C17H29N3/c1-13-7-8-16(14(2)10-13)17(11-18)20-9-5-6-15(20)12-19(3)4/h7-8,10,15,17H,5-6,9,11-12,18H2,1-4H3. The van der Waals surface area contributed by atoms with Crippen molar-refractivity contribution in [3.8, 4) is 0 Å². The van der Waals surface area contributed by atoms with Gasteiger partial charge in [0.1, 0.15) is 0 Å². The molecule has 1 saturated heterocycles. The largest absolute Gasteiger partial charge is 0.329 e. The summed E-state index contributed by atoms with van der Waals surface area (Å²) in [5.41, 5.74) is 10.2. The Morgan fingerprint density at radius 2 is 2.10 bits per heavy atom. The SMILES string of the molecule is Cc1ccc(C(CN)N2CCCC2CN(C)C)c(C)c1. The van der Waals surface area contributed by atoms with Crippen LogP contribution >= 0.6 is 0 Å². The van der Waals surface area contributed by atoms with Crippen LogP contribution in [-0.4, -0.2) is 49.6 Å². The van der Waals surface area contributed by atoms with Gasteiger partial charge in [-0.25, -0.2) is 0 Å². The van der Waals surface area contributed by atoms with Crippen LogP contribution in [0.25, 0.3) is 0 Å². The van der Waals surface area contributed by atoms with E-state index < -0.39 is 0 Å². The van der Waals surface area contributed by atoms with Gasteiger partial charge >= 0.3 is 0 Å². The first kappa shape index (κ1) is 15.5. The van der Waals surface area contributed by atoms with Crippen LogP contribution in [0.5, 0.6) is 0 Å². The van der Waals surface area contributed by atoms with Crippen LogP contribution < -0.4 is 5.73 Å². The summed E-state index contributed by atoms with van der Waals surface area (Å²) in [6.07, 6.45) is 2.58. The van der Waals surface area contributed by atoms with Crippen molar-refractivity contribution in [3.05, 3.63) is 34.9 Å². The van der Waals surface area contributed by atoms with Crippen LogP contribution in [0.2, 0.25) is 0 Å². The predicted octanol–water partition coefficient (Wildman–Crippen LogP) is 2.33. The molecule has 1 aromatic carbocycles. The molecule has 1 fully saturated rings. The van der Waals surface area contributed by atoms with Gasteiger partial charge in [-0.15, -0.1) is 0 Å². The maximum absolute atomic E-state index is 6.13. The molecule has 3 nitrogen and oxygen atoms in total. The zero-order chi connectivity index (χ0) is 14.7. The third-order valence-corrected chi connectivity index (χ3v) is 4.41. The van der Waals surface area contributed by atoms with Crippen LogP contribution in [0.1, 0.15) is 35.6 Å². The van der Waals surface area contributed by atoms with Gasteiger partial charge in [-0.3, -0.25) is 4.90 Å². The van der Waals surface area contributed by atoms with Gasteiger partial charge in [-0.2, -0.15) is 0 Å². The second-order valence-corrected chi connectivity index (χ2v) is 6.41. The van der Waals surface area contributed by atoms with Gasteiger partial charge in [0.15, 0.2) is 0 Å². The lowest BCUT2D eigenvalue weighted by Gasteiger charge is -2.35. The lowest BCUT2D eigenvalue weighted by atomic mass is 9.97. The Hall–Kier alpha value is -0.900. The van der Waals surface area contributed by atoms with E-state index in [1.54, 1.807) is 0 Å². The van der Waals surface area contributed by atoms with E-state index in [0.29, 0.717) is 18.6 Å². The van der Waals surface area contributed by atoms with Crippen molar-refractivity contribution < 1.29 is 0 Å². The molecule has 1 aliphatic rings. The average molecular weight is 275 g/mol. The van der Waals surface area contributed by atoms with E-state index in [2.05, 4.69) is 55.9 Å². The van der Waals surface area contributed by atoms with Crippen molar-refractivity contribution in [2.24, 2.45) is 5.73 Å². The highest BCUT2D eigenvalue weighted by atomic mass is 15.2. The minimum absolute atomic E-state index is 0.364. The average Bonchev–Trinajstić information content (AvgIpc) is 2.80. The lowest BCUT2D eigenvalue weighted by Crippen LogP contribution is -2.42. The Morgan fingerprint density at radius 1 is 1.35 bits per heavy atom. The number of likely N-dealkylation sites (tertiary alicyclic amines) is 1. The first-order valence-electron chi connectivity index (χ1n) is 7.70. The molecule has 0 spiro atoms. The van der Waals surface area contributed by atoms with Crippen LogP contribution in [-0.2, 0) is 0 Å². The van der Waals surface area contributed by atoms with Crippen molar-refractivity contribution in [1.82, 2.24) is 9.80 Å². The number of hydrogen-bond acceptors (Lipinski definition) is 3. The fourth-order valence-corrected chi connectivity index (χ4v) is 3.53. The number of nitrogens with zero attached hydrogens (tertiary/aromatic N) is 2. The third kappa shape index (κ3) is 3.40. The second kappa shape index (κ2) is 6.70. The quantitative estimate of drug-likeness (QED) is 0.895. The van der Waals surface area contributed by atoms with Crippen molar-refractivity contribution in [2.75, 3.05) is 33.7 Å².